The van der Waals surface area contributed by atoms with Crippen molar-refractivity contribution in [3.05, 3.63) is 0 Å². The van der Waals surface area contributed by atoms with E-state index in [0.29, 0.717) is 6.54 Å². The molecule has 0 spiro atoms. The summed E-state index contributed by atoms with van der Waals surface area (Å²) in [5.74, 6) is -2.82. The molecule has 0 unspecified atom stereocenters. The summed E-state index contributed by atoms with van der Waals surface area (Å²) in [5, 5.41) is 8.31. The quantitative estimate of drug-likeness (QED) is 0.196. The molecule has 0 aromatic carbocycles. The van der Waals surface area contributed by atoms with Crippen molar-refractivity contribution in [1.29, 1.82) is 0 Å². The molecule has 0 radical (unpaired) electrons. The molecular formula is C20H39NO4. The molecule has 5 heteroatoms. The number of unbranched alkanes of at least 4 members (excludes halogenated alkanes) is 15. The molecule has 0 atom stereocenters. The molecule has 25 heavy (non-hydrogen) atoms. The van der Waals surface area contributed by atoms with Crippen molar-refractivity contribution >= 4 is 11.9 Å². The largest absolute Gasteiger partial charge is 0.473 e. The van der Waals surface area contributed by atoms with Gasteiger partial charge >= 0.3 is 11.9 Å². The van der Waals surface area contributed by atoms with Gasteiger partial charge in [-0.05, 0) is 6.42 Å². The number of carbonyl (C=O) groups is 2. The van der Waals surface area contributed by atoms with Gasteiger partial charge in [-0.3, -0.25) is 0 Å². The fourth-order valence-electron chi connectivity index (χ4n) is 2.91. The zero-order valence-electron chi connectivity index (χ0n) is 16.2. The van der Waals surface area contributed by atoms with Crippen molar-refractivity contribution in [2.45, 2.75) is 110 Å². The summed E-state index contributed by atoms with van der Waals surface area (Å²) < 4.78 is 0. The number of nitrogens with one attached hydrogen (secondary N) is 1. The average Bonchev–Trinajstić information content (AvgIpc) is 2.60. The molecular weight excluding hydrogens is 318 g/mol. The number of carbonyl (C=O) groups excluding carboxylic acids is 1. The number of hydrogen-bond donors (Lipinski definition) is 2. The van der Waals surface area contributed by atoms with Gasteiger partial charge in [0.1, 0.15) is 0 Å². The summed E-state index contributed by atoms with van der Waals surface area (Å²) in [4.78, 5) is 25.2. The minimum Gasteiger partial charge on any atom is -0.473 e. The summed E-state index contributed by atoms with van der Waals surface area (Å²) in [6, 6.07) is 0. The van der Waals surface area contributed by atoms with Gasteiger partial charge in [-0.15, -0.1) is 0 Å². The van der Waals surface area contributed by atoms with Crippen LogP contribution in [-0.2, 0) is 14.4 Å². The summed E-state index contributed by atoms with van der Waals surface area (Å²) in [6.07, 6.45) is 21.0. The van der Waals surface area contributed by atoms with Gasteiger partial charge in [-0.1, -0.05) is 103 Å². The molecule has 0 amide bonds. The minimum atomic E-state index is -1.57. The van der Waals surface area contributed by atoms with Crippen LogP contribution in [-0.4, -0.2) is 23.6 Å². The first-order valence-corrected chi connectivity index (χ1v) is 10.4. The van der Waals surface area contributed by atoms with Gasteiger partial charge < -0.3 is 9.94 Å². The number of rotatable bonds is 18. The third-order valence-corrected chi connectivity index (χ3v) is 4.47. The molecule has 0 aromatic heterocycles. The highest BCUT2D eigenvalue weighted by molar-refractivity contribution is 6.28. The number of hydroxylamine groups is 1. The summed E-state index contributed by atoms with van der Waals surface area (Å²) >= 11 is 0. The third-order valence-electron chi connectivity index (χ3n) is 4.47. The third kappa shape index (κ3) is 19.1. The Bertz CT molecular complexity index is 321. The van der Waals surface area contributed by atoms with E-state index in [2.05, 4.69) is 17.2 Å². The van der Waals surface area contributed by atoms with Crippen LogP contribution < -0.4 is 5.48 Å². The Labute approximate surface area is 153 Å². The van der Waals surface area contributed by atoms with E-state index in [0.717, 1.165) is 12.8 Å². The minimum absolute atomic E-state index is 0.511. The first-order chi connectivity index (χ1) is 12.2. The molecule has 0 saturated carbocycles. The van der Waals surface area contributed by atoms with Crippen LogP contribution in [0.25, 0.3) is 0 Å². The molecule has 0 aliphatic rings. The van der Waals surface area contributed by atoms with Crippen LogP contribution in [0.4, 0.5) is 0 Å². The molecule has 5 nitrogen and oxygen atoms in total. The van der Waals surface area contributed by atoms with E-state index in [9.17, 15) is 9.59 Å². The van der Waals surface area contributed by atoms with Crippen LogP contribution in [0.3, 0.4) is 0 Å². The molecule has 148 valence electrons. The first-order valence-electron chi connectivity index (χ1n) is 10.4. The summed E-state index contributed by atoms with van der Waals surface area (Å²) in [7, 11) is 0. The molecule has 0 saturated heterocycles. The van der Waals surface area contributed by atoms with Crippen molar-refractivity contribution in [2.24, 2.45) is 0 Å². The van der Waals surface area contributed by atoms with Gasteiger partial charge in [0.2, 0.25) is 0 Å². The zero-order chi connectivity index (χ0) is 18.6. The van der Waals surface area contributed by atoms with Gasteiger partial charge in [0.25, 0.3) is 0 Å². The summed E-state index contributed by atoms with van der Waals surface area (Å²) in [5.41, 5.74) is 2.39. The van der Waals surface area contributed by atoms with Crippen molar-refractivity contribution in [1.82, 2.24) is 5.48 Å². The Morgan fingerprint density at radius 3 is 1.40 bits per heavy atom. The second-order valence-electron chi connectivity index (χ2n) is 6.89. The van der Waals surface area contributed by atoms with Crippen LogP contribution in [0.1, 0.15) is 110 Å². The monoisotopic (exact) mass is 357 g/mol. The highest BCUT2D eigenvalue weighted by Crippen LogP contribution is 2.13. The van der Waals surface area contributed by atoms with E-state index < -0.39 is 11.9 Å². The fraction of sp³-hybridized carbons (Fsp3) is 0.900. The van der Waals surface area contributed by atoms with Crippen molar-refractivity contribution in [2.75, 3.05) is 6.54 Å². The predicted molar refractivity (Wildman–Crippen MR) is 101 cm³/mol. The maximum absolute atomic E-state index is 10.6. The van der Waals surface area contributed by atoms with E-state index in [-0.39, 0.29) is 0 Å². The number of hydrogen-bond acceptors (Lipinski definition) is 4. The Balaban J connectivity index is 3.05. The van der Waals surface area contributed by atoms with Crippen LogP contribution in [0, 0.1) is 0 Å². The van der Waals surface area contributed by atoms with Crippen molar-refractivity contribution in [3.8, 4) is 0 Å². The molecule has 0 aliphatic carbocycles. The lowest BCUT2D eigenvalue weighted by molar-refractivity contribution is -0.168. The van der Waals surface area contributed by atoms with E-state index >= 15 is 0 Å². The van der Waals surface area contributed by atoms with Gasteiger partial charge in [0.05, 0.1) is 0 Å². The Kier molecular flexibility index (Phi) is 18.4. The highest BCUT2D eigenvalue weighted by Gasteiger charge is 2.12. The average molecular weight is 358 g/mol. The van der Waals surface area contributed by atoms with Gasteiger partial charge in [-0.2, -0.15) is 5.48 Å². The normalized spacial score (nSPS) is 10.8. The van der Waals surface area contributed by atoms with Crippen molar-refractivity contribution in [3.63, 3.8) is 0 Å². The van der Waals surface area contributed by atoms with Gasteiger partial charge in [-0.25, -0.2) is 9.59 Å². The highest BCUT2D eigenvalue weighted by atomic mass is 16.7. The molecule has 0 aromatic rings. The topological polar surface area (TPSA) is 75.6 Å². The second-order valence-corrected chi connectivity index (χ2v) is 6.89. The molecule has 0 bridgehead atoms. The molecule has 0 fully saturated rings. The second kappa shape index (κ2) is 19.2. The lowest BCUT2D eigenvalue weighted by Crippen LogP contribution is -2.26. The number of aliphatic carboxylic acids is 1. The SMILES string of the molecule is CCCCCCCCCCCCCCCCCCNOC(=O)C(=O)O. The first kappa shape index (κ1) is 23.9. The lowest BCUT2D eigenvalue weighted by Gasteiger charge is -2.04. The lowest BCUT2D eigenvalue weighted by atomic mass is 10.0. The number of carboxylic acid groups (broad SMARTS) is 1. The predicted octanol–water partition coefficient (Wildman–Crippen LogP) is 5.38. The Morgan fingerprint density at radius 1 is 0.680 bits per heavy atom. The van der Waals surface area contributed by atoms with E-state index in [1.165, 1.54) is 89.9 Å². The molecule has 0 heterocycles. The van der Waals surface area contributed by atoms with Gasteiger partial charge in [0, 0.05) is 6.54 Å². The maximum Gasteiger partial charge on any atom is 0.435 e. The van der Waals surface area contributed by atoms with Crippen LogP contribution in [0.2, 0.25) is 0 Å². The van der Waals surface area contributed by atoms with Crippen LogP contribution in [0.5, 0.6) is 0 Å². The van der Waals surface area contributed by atoms with E-state index in [1.807, 2.05) is 0 Å². The van der Waals surface area contributed by atoms with Crippen LogP contribution in [0.15, 0.2) is 0 Å². The van der Waals surface area contributed by atoms with E-state index in [4.69, 9.17) is 5.11 Å². The molecule has 0 rings (SSSR count). The van der Waals surface area contributed by atoms with E-state index in [1.54, 1.807) is 0 Å². The smallest absolute Gasteiger partial charge is 0.435 e. The summed E-state index contributed by atoms with van der Waals surface area (Å²) in [6.45, 7) is 2.78. The Morgan fingerprint density at radius 2 is 1.04 bits per heavy atom. The Hall–Kier alpha value is -1.10. The van der Waals surface area contributed by atoms with Crippen LogP contribution >= 0.6 is 0 Å². The maximum atomic E-state index is 10.6. The van der Waals surface area contributed by atoms with Crippen molar-refractivity contribution < 1.29 is 19.5 Å². The number of carboxylic acids is 1. The zero-order valence-corrected chi connectivity index (χ0v) is 16.2. The molecule has 2 N–H and O–H groups in total. The molecule has 0 aliphatic heterocycles. The van der Waals surface area contributed by atoms with Gasteiger partial charge in [0.15, 0.2) is 0 Å². The standard InChI is InChI=1S/C20H39NO4/c1-2-3-4-5-6-7-8-9-10-11-12-13-14-15-16-17-18-21-25-20(24)19(22)23/h21H,2-18H2,1H3,(H,22,23). The fourth-order valence-corrected chi connectivity index (χ4v) is 2.91.